The molecule has 0 saturated carbocycles. The van der Waals surface area contributed by atoms with Crippen LogP contribution in [0.1, 0.15) is 51.1 Å². The van der Waals surface area contributed by atoms with Gasteiger partial charge in [-0.3, -0.25) is 4.84 Å². The maximum absolute atomic E-state index is 5.64. The van der Waals surface area contributed by atoms with Crippen molar-refractivity contribution in [3.8, 4) is 0 Å². The molecule has 2 heteroatoms. The minimum atomic E-state index is 0.312. The van der Waals surface area contributed by atoms with Crippen molar-refractivity contribution in [3.63, 3.8) is 0 Å². The third kappa shape index (κ3) is 3.69. The summed E-state index contributed by atoms with van der Waals surface area (Å²) in [4.78, 5) is 5.64. The first-order valence-corrected chi connectivity index (χ1v) is 6.98. The van der Waals surface area contributed by atoms with Gasteiger partial charge in [0, 0.05) is 0 Å². The fourth-order valence-corrected chi connectivity index (χ4v) is 2.15. The van der Waals surface area contributed by atoms with Crippen molar-refractivity contribution in [2.24, 2.45) is 0 Å². The van der Waals surface area contributed by atoms with Crippen molar-refractivity contribution in [1.82, 2.24) is 5.06 Å². The lowest BCUT2D eigenvalue weighted by molar-refractivity contribution is 0.155. The lowest BCUT2D eigenvalue weighted by Gasteiger charge is -2.09. The summed E-state index contributed by atoms with van der Waals surface area (Å²) in [7, 11) is 0. The Morgan fingerprint density at radius 3 is 2.67 bits per heavy atom. The van der Waals surface area contributed by atoms with Crippen molar-refractivity contribution in [2.45, 2.75) is 51.8 Å². The van der Waals surface area contributed by atoms with Crippen LogP contribution in [-0.2, 0) is 4.84 Å². The molecule has 1 aromatic carbocycles. The molecule has 18 heavy (non-hydrogen) atoms. The van der Waals surface area contributed by atoms with Gasteiger partial charge in [-0.15, -0.1) is 5.06 Å². The van der Waals surface area contributed by atoms with Crippen molar-refractivity contribution in [3.05, 3.63) is 48.0 Å². The highest BCUT2D eigenvalue weighted by Gasteiger charge is 2.39. The van der Waals surface area contributed by atoms with Crippen LogP contribution in [0.5, 0.6) is 0 Å². The molecule has 0 bridgehead atoms. The SMILES string of the molecule is CCC/C=C/CC[C@H]1ON1[C@@H](C)c1ccccc1. The highest BCUT2D eigenvalue weighted by atomic mass is 16.8. The maximum Gasteiger partial charge on any atom is 0.155 e. The third-order valence-electron chi connectivity index (χ3n) is 3.35. The highest BCUT2D eigenvalue weighted by molar-refractivity contribution is 5.18. The molecule has 1 unspecified atom stereocenters. The molecule has 0 aromatic heterocycles. The van der Waals surface area contributed by atoms with E-state index in [0.29, 0.717) is 12.3 Å². The van der Waals surface area contributed by atoms with Gasteiger partial charge in [0.15, 0.2) is 6.23 Å². The van der Waals surface area contributed by atoms with E-state index in [1.54, 1.807) is 0 Å². The molecule has 1 fully saturated rings. The Kier molecular flexibility index (Phi) is 4.97. The largest absolute Gasteiger partial charge is 0.275 e. The van der Waals surface area contributed by atoms with Crippen LogP contribution in [0.4, 0.5) is 0 Å². The van der Waals surface area contributed by atoms with Gasteiger partial charge in [-0.2, -0.15) is 0 Å². The fraction of sp³-hybridized carbons (Fsp3) is 0.500. The van der Waals surface area contributed by atoms with Crippen LogP contribution in [0.2, 0.25) is 0 Å². The average Bonchev–Trinajstić information content (AvgIpc) is 3.18. The summed E-state index contributed by atoms with van der Waals surface area (Å²) in [5.41, 5.74) is 1.32. The molecule has 3 atom stereocenters. The first kappa shape index (κ1) is 13.3. The number of hydrogen-bond acceptors (Lipinski definition) is 2. The van der Waals surface area contributed by atoms with Crippen molar-refractivity contribution >= 4 is 0 Å². The van der Waals surface area contributed by atoms with Gasteiger partial charge in [-0.1, -0.05) is 55.8 Å². The van der Waals surface area contributed by atoms with Crippen LogP contribution >= 0.6 is 0 Å². The molecule has 0 radical (unpaired) electrons. The Hall–Kier alpha value is -1.12. The molecule has 0 N–H and O–H groups in total. The molecular formula is C16H23NO. The van der Waals surface area contributed by atoms with E-state index < -0.39 is 0 Å². The fourth-order valence-electron chi connectivity index (χ4n) is 2.15. The lowest BCUT2D eigenvalue weighted by atomic mass is 10.1. The molecule has 1 aromatic rings. The Labute approximate surface area is 110 Å². The van der Waals surface area contributed by atoms with Crippen LogP contribution in [0.25, 0.3) is 0 Å². The Morgan fingerprint density at radius 1 is 1.22 bits per heavy atom. The van der Waals surface area contributed by atoms with E-state index in [0.717, 1.165) is 12.8 Å². The van der Waals surface area contributed by atoms with Crippen molar-refractivity contribution < 1.29 is 4.84 Å². The molecule has 1 heterocycles. The number of rotatable bonds is 7. The molecule has 0 spiro atoms. The minimum absolute atomic E-state index is 0.312. The summed E-state index contributed by atoms with van der Waals surface area (Å²) in [5.74, 6) is 0. The van der Waals surface area contributed by atoms with Crippen molar-refractivity contribution in [2.75, 3.05) is 0 Å². The second-order valence-corrected chi connectivity index (χ2v) is 4.84. The number of unbranched alkanes of at least 4 members (excludes halogenated alkanes) is 1. The van der Waals surface area contributed by atoms with E-state index in [4.69, 9.17) is 4.84 Å². The van der Waals surface area contributed by atoms with Gasteiger partial charge in [0.2, 0.25) is 0 Å². The first-order chi connectivity index (χ1) is 8.83. The Morgan fingerprint density at radius 2 is 1.94 bits per heavy atom. The van der Waals surface area contributed by atoms with Crippen LogP contribution in [-0.4, -0.2) is 11.3 Å². The average molecular weight is 245 g/mol. The number of benzene rings is 1. The second-order valence-electron chi connectivity index (χ2n) is 4.84. The summed E-state index contributed by atoms with van der Waals surface area (Å²) >= 11 is 0. The lowest BCUT2D eigenvalue weighted by Crippen LogP contribution is -2.08. The van der Waals surface area contributed by atoms with Gasteiger partial charge in [0.1, 0.15) is 0 Å². The van der Waals surface area contributed by atoms with E-state index in [2.05, 4.69) is 61.4 Å². The zero-order valence-electron chi connectivity index (χ0n) is 11.4. The Bertz CT molecular complexity index is 374. The quantitative estimate of drug-likeness (QED) is 0.520. The number of nitrogens with zero attached hydrogens (tertiary/aromatic N) is 1. The van der Waals surface area contributed by atoms with E-state index in [-0.39, 0.29) is 0 Å². The standard InChI is InChI=1S/C16H23NO/c1-3-4-5-6-10-13-16-17(18-16)14(2)15-11-8-7-9-12-15/h5-9,11-12,14,16H,3-4,10,13H2,1-2H3/b6-5+/t14-,16+,17?/m0/s1. The summed E-state index contributed by atoms with van der Waals surface area (Å²) in [5, 5.41) is 2.10. The van der Waals surface area contributed by atoms with E-state index in [1.165, 1.54) is 18.4 Å². The summed E-state index contributed by atoms with van der Waals surface area (Å²) in [6.07, 6.45) is 9.49. The Balaban J connectivity index is 1.71. The van der Waals surface area contributed by atoms with Crippen LogP contribution in [0.15, 0.2) is 42.5 Å². The second kappa shape index (κ2) is 6.72. The molecule has 1 aliphatic heterocycles. The molecule has 1 saturated heterocycles. The third-order valence-corrected chi connectivity index (χ3v) is 3.35. The number of allylic oxidation sites excluding steroid dienone is 2. The molecule has 0 aliphatic carbocycles. The topological polar surface area (TPSA) is 15.5 Å². The van der Waals surface area contributed by atoms with E-state index in [1.807, 2.05) is 0 Å². The predicted molar refractivity (Wildman–Crippen MR) is 74.9 cm³/mol. The summed E-state index contributed by atoms with van der Waals surface area (Å²) in [6, 6.07) is 10.9. The molecule has 98 valence electrons. The first-order valence-electron chi connectivity index (χ1n) is 6.98. The van der Waals surface area contributed by atoms with Crippen LogP contribution in [0.3, 0.4) is 0 Å². The normalized spacial score (nSPS) is 24.3. The molecule has 2 nitrogen and oxygen atoms in total. The predicted octanol–water partition coefficient (Wildman–Crippen LogP) is 4.46. The van der Waals surface area contributed by atoms with E-state index >= 15 is 0 Å². The molecular weight excluding hydrogens is 222 g/mol. The molecule has 2 rings (SSSR count). The van der Waals surface area contributed by atoms with Gasteiger partial charge in [-0.05, 0) is 31.7 Å². The van der Waals surface area contributed by atoms with Crippen LogP contribution < -0.4 is 0 Å². The van der Waals surface area contributed by atoms with Gasteiger partial charge < -0.3 is 0 Å². The van der Waals surface area contributed by atoms with Gasteiger partial charge >= 0.3 is 0 Å². The monoisotopic (exact) mass is 245 g/mol. The van der Waals surface area contributed by atoms with E-state index in [9.17, 15) is 0 Å². The summed E-state index contributed by atoms with van der Waals surface area (Å²) in [6.45, 7) is 4.40. The molecule has 1 aliphatic rings. The smallest absolute Gasteiger partial charge is 0.155 e. The molecule has 0 amide bonds. The van der Waals surface area contributed by atoms with Crippen molar-refractivity contribution in [1.29, 1.82) is 0 Å². The number of hydroxylamine groups is 2. The van der Waals surface area contributed by atoms with Crippen LogP contribution in [0, 0.1) is 0 Å². The zero-order chi connectivity index (χ0) is 12.8. The maximum atomic E-state index is 5.64. The summed E-state index contributed by atoms with van der Waals surface area (Å²) < 4.78 is 0. The highest BCUT2D eigenvalue weighted by Crippen LogP contribution is 2.35. The van der Waals surface area contributed by atoms with Gasteiger partial charge in [0.05, 0.1) is 6.04 Å². The van der Waals surface area contributed by atoms with Gasteiger partial charge in [-0.25, -0.2) is 0 Å². The zero-order valence-corrected chi connectivity index (χ0v) is 11.4. The number of hydrogen-bond donors (Lipinski definition) is 0. The minimum Gasteiger partial charge on any atom is -0.275 e. The van der Waals surface area contributed by atoms with Gasteiger partial charge in [0.25, 0.3) is 0 Å².